The minimum Gasteiger partial charge on any atom is -0.368 e. The number of anilines is 2. The van der Waals surface area contributed by atoms with Crippen LogP contribution in [0.3, 0.4) is 0 Å². The Kier molecular flexibility index (Phi) is 7.58. The van der Waals surface area contributed by atoms with E-state index in [1.165, 1.54) is 24.3 Å². The van der Waals surface area contributed by atoms with Gasteiger partial charge in [0.25, 0.3) is 23.2 Å². The highest BCUT2D eigenvalue weighted by atomic mass is 16.6. The van der Waals surface area contributed by atoms with E-state index in [0.29, 0.717) is 63.5 Å². The van der Waals surface area contributed by atoms with Gasteiger partial charge in [0.2, 0.25) is 0 Å². The molecule has 0 N–H and O–H groups in total. The van der Waals surface area contributed by atoms with Crippen molar-refractivity contribution < 1.29 is 19.4 Å². The molecule has 0 spiro atoms. The van der Waals surface area contributed by atoms with Crippen molar-refractivity contribution in [2.45, 2.75) is 0 Å². The molecule has 2 aliphatic rings. The van der Waals surface area contributed by atoms with Gasteiger partial charge in [-0.05, 0) is 42.5 Å². The maximum Gasteiger partial charge on any atom is 0.269 e. The molecule has 3 aromatic rings. The largest absolute Gasteiger partial charge is 0.368 e. The molecule has 0 aliphatic carbocycles. The van der Waals surface area contributed by atoms with E-state index in [-0.39, 0.29) is 23.2 Å². The molecule has 5 rings (SSSR count). The molecule has 3 aromatic carbocycles. The van der Waals surface area contributed by atoms with Crippen molar-refractivity contribution in [2.75, 3.05) is 62.2 Å². The molecule has 12 heteroatoms. The van der Waals surface area contributed by atoms with Crippen molar-refractivity contribution >= 4 is 34.6 Å². The second-order valence-corrected chi connectivity index (χ2v) is 9.69. The van der Waals surface area contributed by atoms with Gasteiger partial charge >= 0.3 is 0 Å². The molecule has 12 nitrogen and oxygen atoms in total. The second kappa shape index (κ2) is 11.4. The van der Waals surface area contributed by atoms with E-state index >= 15 is 0 Å². The number of non-ortho nitro benzene ring substituents is 2. The van der Waals surface area contributed by atoms with Crippen LogP contribution in [0.4, 0.5) is 22.7 Å². The summed E-state index contributed by atoms with van der Waals surface area (Å²) in [5, 5.41) is 21.8. The SMILES string of the molecule is O=C(c1cccc(C(=O)N2CCN(c3ccc([N+](=O)[O-])cc3)CC2)c1)N1CCN(c2ccc([N+](=O)[O-])cc2)CC1. The van der Waals surface area contributed by atoms with Crippen LogP contribution >= 0.6 is 0 Å². The summed E-state index contributed by atoms with van der Waals surface area (Å²) in [6, 6.07) is 19.6. The van der Waals surface area contributed by atoms with E-state index in [1.54, 1.807) is 58.3 Å². The molecule has 206 valence electrons. The quantitative estimate of drug-likeness (QED) is 0.340. The summed E-state index contributed by atoms with van der Waals surface area (Å²) in [5.74, 6) is -0.276. The minimum absolute atomic E-state index is 0.0402. The summed E-state index contributed by atoms with van der Waals surface area (Å²) in [5.41, 5.74) is 2.74. The summed E-state index contributed by atoms with van der Waals surface area (Å²) in [4.78, 5) is 55.1. The van der Waals surface area contributed by atoms with E-state index in [4.69, 9.17) is 0 Å². The van der Waals surface area contributed by atoms with Crippen LogP contribution in [0.2, 0.25) is 0 Å². The van der Waals surface area contributed by atoms with Gasteiger partial charge in [-0.3, -0.25) is 29.8 Å². The van der Waals surface area contributed by atoms with Gasteiger partial charge in [0, 0.05) is 99.1 Å². The summed E-state index contributed by atoms with van der Waals surface area (Å²) in [7, 11) is 0. The molecule has 0 bridgehead atoms. The Hall–Kier alpha value is -5.00. The third kappa shape index (κ3) is 5.70. The molecule has 2 aliphatic heterocycles. The molecule has 40 heavy (non-hydrogen) atoms. The number of nitro benzene ring substituents is 2. The number of amides is 2. The number of rotatable bonds is 6. The Bertz CT molecular complexity index is 1310. The van der Waals surface area contributed by atoms with Gasteiger partial charge in [0.1, 0.15) is 0 Å². The number of hydrogen-bond acceptors (Lipinski definition) is 8. The van der Waals surface area contributed by atoms with Gasteiger partial charge in [0.15, 0.2) is 0 Å². The van der Waals surface area contributed by atoms with Gasteiger partial charge < -0.3 is 19.6 Å². The Morgan fingerprint density at radius 3 is 1.23 bits per heavy atom. The van der Waals surface area contributed by atoms with Crippen LogP contribution in [-0.2, 0) is 0 Å². The van der Waals surface area contributed by atoms with Crippen molar-refractivity contribution in [3.63, 3.8) is 0 Å². The number of carbonyl (C=O) groups excluding carboxylic acids is 2. The third-order valence-electron chi connectivity index (χ3n) is 7.34. The molecule has 0 aromatic heterocycles. The lowest BCUT2D eigenvalue weighted by Gasteiger charge is -2.36. The molecule has 2 heterocycles. The highest BCUT2D eigenvalue weighted by Gasteiger charge is 2.26. The predicted molar refractivity (Wildman–Crippen MR) is 149 cm³/mol. The third-order valence-corrected chi connectivity index (χ3v) is 7.34. The number of hydrogen-bond donors (Lipinski definition) is 0. The van der Waals surface area contributed by atoms with Crippen LogP contribution in [0.15, 0.2) is 72.8 Å². The predicted octanol–water partition coefficient (Wildman–Crippen LogP) is 3.43. The zero-order valence-corrected chi connectivity index (χ0v) is 21.7. The Balaban J connectivity index is 1.16. The Morgan fingerprint density at radius 2 is 0.900 bits per heavy atom. The number of piperazine rings is 2. The van der Waals surface area contributed by atoms with Gasteiger partial charge in [0.05, 0.1) is 9.85 Å². The zero-order valence-electron chi connectivity index (χ0n) is 21.7. The number of nitro groups is 2. The standard InChI is InChI=1S/C28H28N6O6/c35-27(31-16-12-29(13-17-31)23-4-8-25(9-5-23)33(37)38)21-2-1-3-22(20-21)28(36)32-18-14-30(15-19-32)24-6-10-26(11-7-24)34(39)40/h1-11,20H,12-19H2. The van der Waals surface area contributed by atoms with Crippen molar-refractivity contribution in [3.05, 3.63) is 104 Å². The normalized spacial score (nSPS) is 15.6. The number of benzene rings is 3. The van der Waals surface area contributed by atoms with Crippen molar-refractivity contribution in [1.82, 2.24) is 9.80 Å². The van der Waals surface area contributed by atoms with Crippen LogP contribution in [0.1, 0.15) is 20.7 Å². The summed E-state index contributed by atoms with van der Waals surface area (Å²) in [6.07, 6.45) is 0. The molecule has 2 saturated heterocycles. The first-order chi connectivity index (χ1) is 19.3. The van der Waals surface area contributed by atoms with E-state index < -0.39 is 9.85 Å². The molecule has 0 saturated carbocycles. The maximum atomic E-state index is 13.2. The van der Waals surface area contributed by atoms with Crippen LogP contribution in [0, 0.1) is 20.2 Å². The van der Waals surface area contributed by atoms with Crippen LogP contribution in [-0.4, -0.2) is 83.8 Å². The van der Waals surface area contributed by atoms with Gasteiger partial charge in [-0.25, -0.2) is 0 Å². The van der Waals surface area contributed by atoms with Gasteiger partial charge in [-0.2, -0.15) is 0 Å². The van der Waals surface area contributed by atoms with Crippen molar-refractivity contribution in [2.24, 2.45) is 0 Å². The molecule has 0 radical (unpaired) electrons. The first kappa shape index (κ1) is 26.6. The average Bonchev–Trinajstić information content (AvgIpc) is 3.00. The van der Waals surface area contributed by atoms with E-state index in [2.05, 4.69) is 9.80 Å². The van der Waals surface area contributed by atoms with Crippen LogP contribution < -0.4 is 9.80 Å². The number of nitrogens with zero attached hydrogens (tertiary/aromatic N) is 6. The van der Waals surface area contributed by atoms with E-state index in [0.717, 1.165) is 11.4 Å². The lowest BCUT2D eigenvalue weighted by atomic mass is 10.1. The molecule has 0 unspecified atom stereocenters. The van der Waals surface area contributed by atoms with Crippen LogP contribution in [0.25, 0.3) is 0 Å². The van der Waals surface area contributed by atoms with Crippen molar-refractivity contribution in [1.29, 1.82) is 0 Å². The highest BCUT2D eigenvalue weighted by molar-refractivity contribution is 5.99. The molecule has 2 fully saturated rings. The Labute approximate surface area is 230 Å². The first-order valence-corrected chi connectivity index (χ1v) is 13.0. The monoisotopic (exact) mass is 544 g/mol. The molecule has 2 amide bonds. The van der Waals surface area contributed by atoms with Gasteiger partial charge in [-0.15, -0.1) is 0 Å². The Morgan fingerprint density at radius 1 is 0.550 bits per heavy atom. The zero-order chi connectivity index (χ0) is 28.2. The maximum absolute atomic E-state index is 13.2. The van der Waals surface area contributed by atoms with Crippen LogP contribution in [0.5, 0.6) is 0 Å². The summed E-state index contributed by atoms with van der Waals surface area (Å²) in [6.45, 7) is 4.39. The topological polar surface area (TPSA) is 133 Å². The number of carbonyl (C=O) groups is 2. The second-order valence-electron chi connectivity index (χ2n) is 9.69. The fourth-order valence-electron chi connectivity index (χ4n) is 5.06. The van der Waals surface area contributed by atoms with Crippen molar-refractivity contribution in [3.8, 4) is 0 Å². The molecular weight excluding hydrogens is 516 g/mol. The smallest absolute Gasteiger partial charge is 0.269 e. The van der Waals surface area contributed by atoms with E-state index in [9.17, 15) is 29.8 Å². The minimum atomic E-state index is -0.429. The highest BCUT2D eigenvalue weighted by Crippen LogP contribution is 2.23. The lowest BCUT2D eigenvalue weighted by Crippen LogP contribution is -2.49. The van der Waals surface area contributed by atoms with Gasteiger partial charge in [-0.1, -0.05) is 6.07 Å². The first-order valence-electron chi connectivity index (χ1n) is 13.0. The van der Waals surface area contributed by atoms with E-state index in [1.807, 2.05) is 0 Å². The fourth-order valence-corrected chi connectivity index (χ4v) is 5.06. The summed E-state index contributed by atoms with van der Waals surface area (Å²) >= 11 is 0. The lowest BCUT2D eigenvalue weighted by molar-refractivity contribution is -0.385. The molecule has 0 atom stereocenters. The molecular formula is C28H28N6O6. The fraction of sp³-hybridized carbons (Fsp3) is 0.286. The summed E-state index contributed by atoms with van der Waals surface area (Å²) < 4.78 is 0. The average molecular weight is 545 g/mol.